The standard InChI is InChI=1S/C17H19N3O/c1-2-12-3-5-13(6-4-12)19-15-9-10-18-16(11-15)17(21)20-14-7-8-14/h3-6,9-11,14H,2,7-8H2,1H3,(H,18,19)(H,20,21). The predicted molar refractivity (Wildman–Crippen MR) is 83.8 cm³/mol. The molecule has 0 saturated heterocycles. The predicted octanol–water partition coefficient (Wildman–Crippen LogP) is 3.28. The van der Waals surface area contributed by atoms with Crippen molar-refractivity contribution in [2.75, 3.05) is 5.32 Å². The first-order valence-corrected chi connectivity index (χ1v) is 7.37. The average molecular weight is 281 g/mol. The molecule has 3 rings (SSSR count). The number of hydrogen-bond acceptors (Lipinski definition) is 3. The molecule has 1 aliphatic carbocycles. The molecule has 21 heavy (non-hydrogen) atoms. The van der Waals surface area contributed by atoms with Crippen LogP contribution in [0.15, 0.2) is 42.6 Å². The minimum absolute atomic E-state index is 0.0949. The van der Waals surface area contributed by atoms with Crippen LogP contribution in [0.3, 0.4) is 0 Å². The number of benzene rings is 1. The molecule has 0 aliphatic heterocycles. The Hall–Kier alpha value is -2.36. The first kappa shape index (κ1) is 13.6. The summed E-state index contributed by atoms with van der Waals surface area (Å²) in [7, 11) is 0. The Labute approximate surface area is 124 Å². The van der Waals surface area contributed by atoms with Crippen LogP contribution in [0, 0.1) is 0 Å². The van der Waals surface area contributed by atoms with E-state index in [2.05, 4.69) is 34.7 Å². The smallest absolute Gasteiger partial charge is 0.270 e. The molecule has 4 heteroatoms. The van der Waals surface area contributed by atoms with E-state index < -0.39 is 0 Å². The maximum Gasteiger partial charge on any atom is 0.270 e. The normalized spacial score (nSPS) is 13.8. The monoisotopic (exact) mass is 281 g/mol. The number of anilines is 2. The number of aryl methyl sites for hydroxylation is 1. The van der Waals surface area contributed by atoms with E-state index in [1.165, 1.54) is 5.56 Å². The van der Waals surface area contributed by atoms with Crippen LogP contribution in [0.1, 0.15) is 35.8 Å². The van der Waals surface area contributed by atoms with Crippen molar-refractivity contribution < 1.29 is 4.79 Å². The van der Waals surface area contributed by atoms with Gasteiger partial charge in [0, 0.05) is 23.6 Å². The number of aromatic nitrogens is 1. The molecule has 4 nitrogen and oxygen atoms in total. The van der Waals surface area contributed by atoms with Crippen molar-refractivity contribution in [3.05, 3.63) is 53.9 Å². The second kappa shape index (κ2) is 5.95. The first-order chi connectivity index (χ1) is 10.2. The number of pyridine rings is 1. The van der Waals surface area contributed by atoms with Crippen LogP contribution in [0.5, 0.6) is 0 Å². The van der Waals surface area contributed by atoms with Gasteiger partial charge in [0.05, 0.1) is 0 Å². The van der Waals surface area contributed by atoms with Gasteiger partial charge in [-0.15, -0.1) is 0 Å². The molecule has 0 radical (unpaired) electrons. The van der Waals surface area contributed by atoms with Gasteiger partial charge in [0.25, 0.3) is 5.91 Å². The third-order valence-corrected chi connectivity index (χ3v) is 3.56. The summed E-state index contributed by atoms with van der Waals surface area (Å²) >= 11 is 0. The Morgan fingerprint density at radius 1 is 1.19 bits per heavy atom. The van der Waals surface area contributed by atoms with Crippen molar-refractivity contribution in [1.82, 2.24) is 10.3 Å². The molecule has 1 aliphatic rings. The van der Waals surface area contributed by atoms with Crippen LogP contribution in [0.25, 0.3) is 0 Å². The highest BCUT2D eigenvalue weighted by atomic mass is 16.2. The maximum absolute atomic E-state index is 12.0. The van der Waals surface area contributed by atoms with E-state index in [1.807, 2.05) is 18.2 Å². The lowest BCUT2D eigenvalue weighted by Gasteiger charge is -2.09. The SMILES string of the molecule is CCc1ccc(Nc2ccnc(C(=O)NC3CC3)c2)cc1. The summed E-state index contributed by atoms with van der Waals surface area (Å²) in [5.41, 5.74) is 3.64. The van der Waals surface area contributed by atoms with Crippen molar-refractivity contribution in [2.24, 2.45) is 0 Å². The van der Waals surface area contributed by atoms with Gasteiger partial charge in [-0.2, -0.15) is 0 Å². The van der Waals surface area contributed by atoms with E-state index in [9.17, 15) is 4.79 Å². The van der Waals surface area contributed by atoms with Crippen LogP contribution in [-0.2, 0) is 6.42 Å². The summed E-state index contributed by atoms with van der Waals surface area (Å²) in [6, 6.07) is 12.3. The molecule has 2 N–H and O–H groups in total. The van der Waals surface area contributed by atoms with Crippen molar-refractivity contribution in [2.45, 2.75) is 32.2 Å². The first-order valence-electron chi connectivity index (χ1n) is 7.37. The van der Waals surface area contributed by atoms with Crippen molar-refractivity contribution >= 4 is 17.3 Å². The van der Waals surface area contributed by atoms with Crippen LogP contribution in [0.2, 0.25) is 0 Å². The Balaban J connectivity index is 1.70. The summed E-state index contributed by atoms with van der Waals surface area (Å²) in [4.78, 5) is 16.1. The van der Waals surface area contributed by atoms with Crippen LogP contribution in [0.4, 0.5) is 11.4 Å². The molecule has 2 aromatic rings. The summed E-state index contributed by atoms with van der Waals surface area (Å²) in [5.74, 6) is -0.0949. The molecule has 1 saturated carbocycles. The van der Waals surface area contributed by atoms with E-state index in [1.54, 1.807) is 12.3 Å². The molecule has 1 heterocycles. The van der Waals surface area contributed by atoms with Gasteiger partial charge in [0.1, 0.15) is 5.69 Å². The highest BCUT2D eigenvalue weighted by Crippen LogP contribution is 2.20. The lowest BCUT2D eigenvalue weighted by Crippen LogP contribution is -2.26. The third-order valence-electron chi connectivity index (χ3n) is 3.56. The van der Waals surface area contributed by atoms with E-state index in [-0.39, 0.29) is 5.91 Å². The van der Waals surface area contributed by atoms with Gasteiger partial charge < -0.3 is 10.6 Å². The van der Waals surface area contributed by atoms with E-state index in [0.29, 0.717) is 11.7 Å². The fraction of sp³-hybridized carbons (Fsp3) is 0.294. The zero-order valence-corrected chi connectivity index (χ0v) is 12.1. The maximum atomic E-state index is 12.0. The van der Waals surface area contributed by atoms with Gasteiger partial charge >= 0.3 is 0 Å². The van der Waals surface area contributed by atoms with E-state index in [4.69, 9.17) is 0 Å². The molecule has 0 bridgehead atoms. The number of nitrogens with zero attached hydrogens (tertiary/aromatic N) is 1. The number of carbonyl (C=O) groups excluding carboxylic acids is 1. The van der Waals surface area contributed by atoms with Crippen molar-refractivity contribution in [3.8, 4) is 0 Å². The third kappa shape index (κ3) is 3.60. The van der Waals surface area contributed by atoms with Crippen LogP contribution in [-0.4, -0.2) is 16.9 Å². The Morgan fingerprint density at radius 2 is 1.95 bits per heavy atom. The average Bonchev–Trinajstić information content (AvgIpc) is 3.32. The Bertz CT molecular complexity index is 633. The molecule has 0 spiro atoms. The largest absolute Gasteiger partial charge is 0.355 e. The number of rotatable bonds is 5. The molecule has 0 atom stereocenters. The second-order valence-corrected chi connectivity index (χ2v) is 5.35. The quantitative estimate of drug-likeness (QED) is 0.884. The molecular formula is C17H19N3O. The number of carbonyl (C=O) groups is 1. The van der Waals surface area contributed by atoms with Gasteiger partial charge in [-0.25, -0.2) is 0 Å². The molecule has 108 valence electrons. The van der Waals surface area contributed by atoms with Crippen molar-refractivity contribution in [3.63, 3.8) is 0 Å². The summed E-state index contributed by atoms with van der Waals surface area (Å²) in [6.07, 6.45) is 4.84. The van der Waals surface area contributed by atoms with Gasteiger partial charge in [-0.3, -0.25) is 9.78 Å². The van der Waals surface area contributed by atoms with Gasteiger partial charge in [-0.05, 0) is 49.1 Å². The lowest BCUT2D eigenvalue weighted by molar-refractivity contribution is 0.0946. The van der Waals surface area contributed by atoms with E-state index >= 15 is 0 Å². The lowest BCUT2D eigenvalue weighted by atomic mass is 10.1. The van der Waals surface area contributed by atoms with Crippen LogP contribution < -0.4 is 10.6 Å². The molecular weight excluding hydrogens is 262 g/mol. The van der Waals surface area contributed by atoms with Crippen molar-refractivity contribution in [1.29, 1.82) is 0 Å². The van der Waals surface area contributed by atoms with Gasteiger partial charge in [0.15, 0.2) is 0 Å². The van der Waals surface area contributed by atoms with Crippen LogP contribution >= 0.6 is 0 Å². The summed E-state index contributed by atoms with van der Waals surface area (Å²) < 4.78 is 0. The highest BCUT2D eigenvalue weighted by molar-refractivity contribution is 5.93. The molecule has 1 aromatic carbocycles. The van der Waals surface area contributed by atoms with E-state index in [0.717, 1.165) is 30.6 Å². The zero-order valence-electron chi connectivity index (χ0n) is 12.1. The molecule has 1 fully saturated rings. The zero-order chi connectivity index (χ0) is 14.7. The summed E-state index contributed by atoms with van der Waals surface area (Å²) in [5, 5.41) is 6.25. The summed E-state index contributed by atoms with van der Waals surface area (Å²) in [6.45, 7) is 2.13. The Kier molecular flexibility index (Phi) is 3.86. The number of nitrogens with one attached hydrogen (secondary N) is 2. The minimum Gasteiger partial charge on any atom is -0.355 e. The fourth-order valence-corrected chi connectivity index (χ4v) is 2.11. The van der Waals surface area contributed by atoms with Gasteiger partial charge in [-0.1, -0.05) is 19.1 Å². The topological polar surface area (TPSA) is 54.0 Å². The molecule has 1 aromatic heterocycles. The molecule has 1 amide bonds. The number of hydrogen-bond donors (Lipinski definition) is 2. The molecule has 0 unspecified atom stereocenters. The number of amides is 1. The fourth-order valence-electron chi connectivity index (χ4n) is 2.11. The minimum atomic E-state index is -0.0949. The van der Waals surface area contributed by atoms with Gasteiger partial charge in [0.2, 0.25) is 0 Å². The highest BCUT2D eigenvalue weighted by Gasteiger charge is 2.24. The second-order valence-electron chi connectivity index (χ2n) is 5.35. The Morgan fingerprint density at radius 3 is 2.62 bits per heavy atom.